The summed E-state index contributed by atoms with van der Waals surface area (Å²) in [6.07, 6.45) is 16.0. The molecule has 12 heteroatoms. The van der Waals surface area contributed by atoms with Crippen LogP contribution < -0.4 is 0 Å². The molecule has 410 valence electrons. The van der Waals surface area contributed by atoms with Crippen molar-refractivity contribution < 1.29 is 23.5 Å². The van der Waals surface area contributed by atoms with E-state index in [1.807, 2.05) is 141 Å². The molecule has 0 aromatic heterocycles. The number of nitrogens with zero attached hydrogens (tertiary/aromatic N) is 5. The molecule has 0 unspecified atom stereocenters. The predicted octanol–water partition coefficient (Wildman–Crippen LogP) is 18.0. The first-order chi connectivity index (χ1) is 39.4. The highest BCUT2D eigenvalue weighted by Crippen LogP contribution is 2.40. The molecule has 8 aromatic carbocycles. The van der Waals surface area contributed by atoms with Crippen molar-refractivity contribution in [3.05, 3.63) is 290 Å². The second-order valence-corrected chi connectivity index (χ2v) is 25.3. The lowest BCUT2D eigenvalue weighted by Crippen LogP contribution is -1.85. The minimum absolute atomic E-state index is 0.589. The van der Waals surface area contributed by atoms with Crippen molar-refractivity contribution in [2.75, 3.05) is 26.7 Å². The fourth-order valence-corrected chi connectivity index (χ4v) is 8.86. The molecule has 0 aliphatic rings. The topological polar surface area (TPSA) is 185 Å². The highest BCUT2D eigenvalue weighted by molar-refractivity contribution is 7.61. The van der Waals surface area contributed by atoms with Gasteiger partial charge < -0.3 is 9.13 Å². The molecule has 8 aromatic rings. The molecule has 0 fully saturated rings. The van der Waals surface area contributed by atoms with Crippen molar-refractivity contribution in [1.82, 2.24) is 0 Å². The van der Waals surface area contributed by atoms with E-state index >= 15 is 0 Å². The molecule has 0 radical (unpaired) electrons. The Balaban J connectivity index is 0.000000354. The van der Waals surface area contributed by atoms with Crippen LogP contribution in [0.1, 0.15) is 101 Å². The van der Waals surface area contributed by atoms with Crippen LogP contribution in [0.5, 0.6) is 0 Å². The van der Waals surface area contributed by atoms with Gasteiger partial charge in [0.15, 0.2) is 5.69 Å². The molecule has 0 aliphatic heterocycles. The molecular formula is C70H65N5O5P2. The zero-order chi connectivity index (χ0) is 60.4. The van der Waals surface area contributed by atoms with Gasteiger partial charge in [-0.2, -0.15) is 21.0 Å². The Morgan fingerprint density at radius 3 is 0.866 bits per heavy atom. The first-order valence-electron chi connectivity index (χ1n) is 25.4. The third kappa shape index (κ3) is 31.3. The summed E-state index contributed by atoms with van der Waals surface area (Å²) in [6, 6.07) is 72.3. The van der Waals surface area contributed by atoms with Crippen molar-refractivity contribution >= 4 is 75.3 Å². The van der Waals surface area contributed by atoms with Crippen molar-refractivity contribution in [1.29, 1.82) is 21.0 Å². The maximum absolute atomic E-state index is 11.5. The van der Waals surface area contributed by atoms with Gasteiger partial charge in [0.1, 0.15) is 18.9 Å². The van der Waals surface area contributed by atoms with E-state index in [1.165, 1.54) is 30.5 Å². The van der Waals surface area contributed by atoms with E-state index in [0.29, 0.717) is 45.8 Å². The van der Waals surface area contributed by atoms with Crippen LogP contribution in [0.4, 0.5) is 5.69 Å². The van der Waals surface area contributed by atoms with Gasteiger partial charge in [0.05, 0.1) is 56.3 Å². The molecule has 0 N–H and O–H groups in total. The summed E-state index contributed by atoms with van der Waals surface area (Å²) in [5.41, 5.74) is 12.7. The average Bonchev–Trinajstić information content (AvgIpc) is 3.51. The van der Waals surface area contributed by atoms with Gasteiger partial charge in [-0.15, -0.1) is 0 Å². The molecule has 0 atom stereocenters. The summed E-state index contributed by atoms with van der Waals surface area (Å²) < 4.78 is 22.9. The largest absolute Gasteiger partial charge is 0.324 e. The maximum atomic E-state index is 11.5. The summed E-state index contributed by atoms with van der Waals surface area (Å²) in [6.45, 7) is 17.0. The Bertz CT molecular complexity index is 3550. The first kappa shape index (κ1) is 68.0. The molecule has 8 rings (SSSR count). The third-order valence-electron chi connectivity index (χ3n) is 10.5. The van der Waals surface area contributed by atoms with E-state index < -0.39 is 14.3 Å². The second-order valence-electron chi connectivity index (χ2n) is 18.4. The van der Waals surface area contributed by atoms with Gasteiger partial charge >= 0.3 is 0 Å². The number of nitriles is 4. The van der Waals surface area contributed by atoms with Crippen molar-refractivity contribution in [2.45, 2.75) is 26.2 Å². The molecule has 82 heavy (non-hydrogen) atoms. The SMILES string of the molecule is CC#N.CC#N.CP(C)(=O)Cc1ccc(C#N)cc1.CP(C)(=O)Cc1ccccc1.N#Cc1ccc(/C=C/c2ccc(C=O)cc2)cc1.O=Cc1ccc(C=O)cc1.[C-]#[N+]c1ccc(/C=C/c2ccc(/C=C/c3ccccc3)cc2)cc1. The van der Waals surface area contributed by atoms with Gasteiger partial charge in [0.2, 0.25) is 0 Å². The summed E-state index contributed by atoms with van der Waals surface area (Å²) in [4.78, 5) is 34.1. The van der Waals surface area contributed by atoms with E-state index in [9.17, 15) is 23.5 Å². The molecule has 0 bridgehead atoms. The quantitative estimate of drug-likeness (QED) is 0.0469. The molecule has 0 saturated heterocycles. The van der Waals surface area contributed by atoms with Crippen molar-refractivity contribution in [2.24, 2.45) is 0 Å². The molecular weight excluding hydrogens is 1050 g/mol. The molecule has 0 heterocycles. The average molecular weight is 1120 g/mol. The standard InChI is InChI=1S/C23H17N.C16H11NO.C10H12NOP.C9H13OP.C8H6O2.2C2H3N/c1-24-23-17-15-22(16-18-23)14-13-21-11-9-20(10-12-21)8-7-19-5-3-2-4-6-19;17-11-15-7-3-13(4-8-15)1-2-14-5-9-16(12-18)10-6-14;1-13(2,12)8-10-5-3-9(7-11)4-6-10;1-11(2,10)8-9-6-4-3-5-7-9;9-5-7-1-2-8(6-10)4-3-7;2*1-2-3/h2-18H;1-10,12H;3-6H,8H2,1-2H3;3-7H,8H2,1-2H3;1-6H;2*1H3/b8-7+,14-13+;2-1+;;;;;. The first-order valence-corrected chi connectivity index (χ1v) is 31.0. The van der Waals surface area contributed by atoms with Gasteiger partial charge in [-0.25, -0.2) is 4.85 Å². The third-order valence-corrected chi connectivity index (χ3v) is 12.8. The van der Waals surface area contributed by atoms with Crippen LogP contribution in [0.15, 0.2) is 206 Å². The summed E-state index contributed by atoms with van der Waals surface area (Å²) in [5.74, 6) is 0. The molecule has 0 spiro atoms. The molecule has 0 aliphatic carbocycles. The number of carbonyl (C=O) groups is 3. The number of benzene rings is 8. The molecule has 0 saturated carbocycles. The number of rotatable bonds is 13. The van der Waals surface area contributed by atoms with Crippen LogP contribution >= 0.6 is 14.3 Å². The van der Waals surface area contributed by atoms with Gasteiger partial charge in [-0.3, -0.25) is 14.4 Å². The van der Waals surface area contributed by atoms with Crippen LogP contribution in [0.25, 0.3) is 41.3 Å². The number of hydrogen-bond donors (Lipinski definition) is 0. The number of aldehydes is 3. The van der Waals surface area contributed by atoms with Crippen LogP contribution in [0.2, 0.25) is 0 Å². The van der Waals surface area contributed by atoms with Crippen LogP contribution in [-0.2, 0) is 21.5 Å². The van der Waals surface area contributed by atoms with E-state index in [-0.39, 0.29) is 0 Å². The molecule has 10 nitrogen and oxygen atoms in total. The fourth-order valence-electron chi connectivity index (χ4n) is 6.67. The Morgan fingerprint density at radius 1 is 0.366 bits per heavy atom. The van der Waals surface area contributed by atoms with Gasteiger partial charge in [0.25, 0.3) is 0 Å². The molecule has 0 amide bonds. The van der Waals surface area contributed by atoms with Gasteiger partial charge in [-0.1, -0.05) is 218 Å². The number of carbonyl (C=O) groups excluding carboxylic acids is 3. The predicted molar refractivity (Wildman–Crippen MR) is 339 cm³/mol. The summed E-state index contributed by atoms with van der Waals surface area (Å²) in [7, 11) is -3.88. The zero-order valence-electron chi connectivity index (χ0n) is 46.9. The van der Waals surface area contributed by atoms with Crippen LogP contribution in [0, 0.1) is 51.9 Å². The Kier molecular flexibility index (Phi) is 32.6. The maximum Gasteiger partial charge on any atom is 0.187 e. The zero-order valence-corrected chi connectivity index (χ0v) is 48.7. The Labute approximate surface area is 484 Å². The Morgan fingerprint density at radius 2 is 0.598 bits per heavy atom. The number of hydrogen-bond acceptors (Lipinski definition) is 9. The minimum Gasteiger partial charge on any atom is -0.324 e. The van der Waals surface area contributed by atoms with E-state index in [4.69, 9.17) is 27.6 Å². The smallest absolute Gasteiger partial charge is 0.187 e. The highest BCUT2D eigenvalue weighted by Gasteiger charge is 2.08. The lowest BCUT2D eigenvalue weighted by Gasteiger charge is -2.05. The summed E-state index contributed by atoms with van der Waals surface area (Å²) >= 11 is 0. The lowest BCUT2D eigenvalue weighted by molar-refractivity contribution is 0.111. The van der Waals surface area contributed by atoms with E-state index in [0.717, 1.165) is 46.7 Å². The lowest BCUT2D eigenvalue weighted by atomic mass is 10.1. The van der Waals surface area contributed by atoms with Gasteiger partial charge in [-0.05, 0) is 95.4 Å². The van der Waals surface area contributed by atoms with E-state index in [2.05, 4.69) is 71.6 Å². The van der Waals surface area contributed by atoms with Gasteiger partial charge in [0, 0.05) is 42.9 Å². The monoisotopic (exact) mass is 1120 g/mol. The Hall–Kier alpha value is -10.1. The van der Waals surface area contributed by atoms with Crippen molar-refractivity contribution in [3.63, 3.8) is 0 Å². The van der Waals surface area contributed by atoms with Crippen molar-refractivity contribution in [3.8, 4) is 24.3 Å². The van der Waals surface area contributed by atoms with Crippen LogP contribution in [-0.4, -0.2) is 45.5 Å². The summed E-state index contributed by atoms with van der Waals surface area (Å²) in [5, 5.41) is 31.9. The minimum atomic E-state index is -1.99. The highest BCUT2D eigenvalue weighted by atomic mass is 31.2. The fraction of sp³-hybridized carbons (Fsp3) is 0.114. The second kappa shape index (κ2) is 39.3. The van der Waals surface area contributed by atoms with E-state index in [1.54, 1.807) is 86.1 Å². The van der Waals surface area contributed by atoms with Crippen LogP contribution in [0.3, 0.4) is 0 Å². The normalized spacial score (nSPS) is 9.96.